The van der Waals surface area contributed by atoms with Gasteiger partial charge in [0.1, 0.15) is 11.6 Å². The van der Waals surface area contributed by atoms with E-state index < -0.39 is 0 Å². The summed E-state index contributed by atoms with van der Waals surface area (Å²) < 4.78 is 1.89. The van der Waals surface area contributed by atoms with Crippen molar-refractivity contribution in [2.45, 2.75) is 24.8 Å². The number of hydrogen-bond donors (Lipinski definition) is 1. The second-order valence-electron chi connectivity index (χ2n) is 4.28. The Balaban J connectivity index is 2.17. The fourth-order valence-corrected chi connectivity index (χ4v) is 2.52. The monoisotopic (exact) mass is 277 g/mol. The Morgan fingerprint density at radius 1 is 1.42 bits per heavy atom. The molecule has 0 fully saturated rings. The number of carbonyl (C=O) groups excluding carboxylic acids is 1. The number of aryl methyl sites for hydroxylation is 1. The van der Waals surface area contributed by atoms with Crippen LogP contribution in [0.3, 0.4) is 0 Å². The van der Waals surface area contributed by atoms with Crippen LogP contribution in [0.1, 0.15) is 28.7 Å². The zero-order valence-electron chi connectivity index (χ0n) is 11.0. The van der Waals surface area contributed by atoms with Crippen LogP contribution < -0.4 is 0 Å². The second-order valence-corrected chi connectivity index (χ2v) is 5.22. The highest BCUT2D eigenvalue weighted by molar-refractivity contribution is 7.98. The maximum atomic E-state index is 11.3. The summed E-state index contributed by atoms with van der Waals surface area (Å²) >= 11 is 1.47. The van der Waals surface area contributed by atoms with Gasteiger partial charge in [0.25, 0.3) is 0 Å². The molecule has 0 saturated heterocycles. The molecule has 0 spiro atoms. The van der Waals surface area contributed by atoms with Crippen molar-refractivity contribution in [1.82, 2.24) is 14.8 Å². The first-order valence-corrected chi connectivity index (χ1v) is 6.79. The SMILES string of the molecule is CC(=O)c1ccc(O)c(CSc2nnc(C)n2C)c1. The van der Waals surface area contributed by atoms with E-state index in [-0.39, 0.29) is 11.5 Å². The van der Waals surface area contributed by atoms with Gasteiger partial charge in [-0.2, -0.15) is 0 Å². The molecule has 0 saturated carbocycles. The summed E-state index contributed by atoms with van der Waals surface area (Å²) in [6, 6.07) is 4.89. The van der Waals surface area contributed by atoms with Crippen molar-refractivity contribution in [3.8, 4) is 5.75 Å². The quantitative estimate of drug-likeness (QED) is 0.686. The van der Waals surface area contributed by atoms with Crippen molar-refractivity contribution in [1.29, 1.82) is 0 Å². The van der Waals surface area contributed by atoms with E-state index >= 15 is 0 Å². The standard InChI is InChI=1S/C13H15N3O2S/c1-8(17)10-4-5-12(18)11(6-10)7-19-13-15-14-9(2)16(13)3/h4-6,18H,7H2,1-3H3. The number of Topliss-reactive ketones (excluding diaryl/α,β-unsaturated/α-hetero) is 1. The van der Waals surface area contributed by atoms with E-state index in [1.165, 1.54) is 18.7 Å². The van der Waals surface area contributed by atoms with Crippen molar-refractivity contribution < 1.29 is 9.90 Å². The van der Waals surface area contributed by atoms with E-state index in [2.05, 4.69) is 10.2 Å². The lowest BCUT2D eigenvalue weighted by Crippen LogP contribution is -1.96. The summed E-state index contributed by atoms with van der Waals surface area (Å²) in [6.45, 7) is 3.39. The van der Waals surface area contributed by atoms with E-state index in [9.17, 15) is 9.90 Å². The van der Waals surface area contributed by atoms with Crippen molar-refractivity contribution in [2.75, 3.05) is 0 Å². The number of nitrogens with zero attached hydrogens (tertiary/aromatic N) is 3. The summed E-state index contributed by atoms with van der Waals surface area (Å²) in [5.41, 5.74) is 1.32. The van der Waals surface area contributed by atoms with Crippen LogP contribution >= 0.6 is 11.8 Å². The molecule has 0 unspecified atom stereocenters. The zero-order chi connectivity index (χ0) is 14.0. The topological polar surface area (TPSA) is 68.0 Å². The zero-order valence-corrected chi connectivity index (χ0v) is 11.9. The van der Waals surface area contributed by atoms with Crippen molar-refractivity contribution in [2.24, 2.45) is 7.05 Å². The van der Waals surface area contributed by atoms with Crippen molar-refractivity contribution >= 4 is 17.5 Å². The van der Waals surface area contributed by atoms with Crippen LogP contribution in [-0.2, 0) is 12.8 Å². The summed E-state index contributed by atoms with van der Waals surface area (Å²) in [5, 5.41) is 18.6. The first-order valence-electron chi connectivity index (χ1n) is 5.80. The van der Waals surface area contributed by atoms with Crippen LogP contribution in [0.4, 0.5) is 0 Å². The molecular formula is C13H15N3O2S. The molecule has 0 atom stereocenters. The van der Waals surface area contributed by atoms with Gasteiger partial charge in [-0.25, -0.2) is 0 Å². The molecule has 1 aromatic carbocycles. The molecule has 2 aromatic rings. The van der Waals surface area contributed by atoms with Gasteiger partial charge in [0.15, 0.2) is 10.9 Å². The third kappa shape index (κ3) is 2.96. The summed E-state index contributed by atoms with van der Waals surface area (Å²) in [5.74, 6) is 1.56. The fourth-order valence-electron chi connectivity index (χ4n) is 1.58. The smallest absolute Gasteiger partial charge is 0.191 e. The number of ketones is 1. The van der Waals surface area contributed by atoms with Gasteiger partial charge >= 0.3 is 0 Å². The number of aromatic nitrogens is 3. The lowest BCUT2D eigenvalue weighted by Gasteiger charge is -2.06. The molecule has 0 aliphatic rings. The maximum Gasteiger partial charge on any atom is 0.191 e. The highest BCUT2D eigenvalue weighted by Crippen LogP contribution is 2.27. The largest absolute Gasteiger partial charge is 0.508 e. The molecule has 0 aliphatic carbocycles. The summed E-state index contributed by atoms with van der Waals surface area (Å²) in [6.07, 6.45) is 0. The minimum atomic E-state index is -0.0132. The lowest BCUT2D eigenvalue weighted by atomic mass is 10.1. The molecule has 1 N–H and O–H groups in total. The Morgan fingerprint density at radius 2 is 2.16 bits per heavy atom. The van der Waals surface area contributed by atoms with Crippen LogP contribution in [0.15, 0.2) is 23.4 Å². The first-order chi connectivity index (χ1) is 8.99. The number of aromatic hydroxyl groups is 1. The van der Waals surface area contributed by atoms with E-state index in [4.69, 9.17) is 0 Å². The van der Waals surface area contributed by atoms with Crippen LogP contribution in [0.2, 0.25) is 0 Å². The number of phenols is 1. The summed E-state index contributed by atoms with van der Waals surface area (Å²) in [4.78, 5) is 11.3. The number of thioether (sulfide) groups is 1. The number of hydrogen-bond acceptors (Lipinski definition) is 5. The minimum absolute atomic E-state index is 0.0132. The van der Waals surface area contributed by atoms with Gasteiger partial charge in [0.2, 0.25) is 0 Å². The van der Waals surface area contributed by atoms with Crippen molar-refractivity contribution in [3.63, 3.8) is 0 Å². The van der Waals surface area contributed by atoms with Gasteiger partial charge in [-0.1, -0.05) is 11.8 Å². The van der Waals surface area contributed by atoms with Crippen LogP contribution in [-0.4, -0.2) is 25.7 Å². The highest BCUT2D eigenvalue weighted by atomic mass is 32.2. The number of carbonyl (C=O) groups is 1. The number of rotatable bonds is 4. The maximum absolute atomic E-state index is 11.3. The Kier molecular flexibility index (Phi) is 3.90. The average Bonchev–Trinajstić information content (AvgIpc) is 2.69. The van der Waals surface area contributed by atoms with Gasteiger partial charge < -0.3 is 9.67 Å². The van der Waals surface area contributed by atoms with Gasteiger partial charge in [0, 0.05) is 23.9 Å². The minimum Gasteiger partial charge on any atom is -0.508 e. The fraction of sp³-hybridized carbons (Fsp3) is 0.308. The van der Waals surface area contributed by atoms with E-state index in [1.54, 1.807) is 18.2 Å². The predicted octanol–water partition coefficient (Wildman–Crippen LogP) is 2.32. The molecular weight excluding hydrogens is 262 g/mol. The average molecular weight is 277 g/mol. The molecule has 100 valence electrons. The van der Waals surface area contributed by atoms with Crippen LogP contribution in [0.5, 0.6) is 5.75 Å². The molecule has 0 amide bonds. The Bertz CT molecular complexity index is 622. The Morgan fingerprint density at radius 3 is 2.74 bits per heavy atom. The number of benzene rings is 1. The first kappa shape index (κ1) is 13.6. The van der Waals surface area contributed by atoms with Crippen LogP contribution in [0, 0.1) is 6.92 Å². The second kappa shape index (κ2) is 5.44. The van der Waals surface area contributed by atoms with Crippen molar-refractivity contribution in [3.05, 3.63) is 35.2 Å². The number of phenolic OH excluding ortho intramolecular Hbond substituents is 1. The molecule has 0 radical (unpaired) electrons. The van der Waals surface area contributed by atoms with Gasteiger partial charge in [-0.05, 0) is 32.0 Å². The highest BCUT2D eigenvalue weighted by Gasteiger charge is 2.10. The molecule has 6 heteroatoms. The Hall–Kier alpha value is -1.82. The summed E-state index contributed by atoms with van der Waals surface area (Å²) in [7, 11) is 1.89. The normalized spacial score (nSPS) is 10.7. The van der Waals surface area contributed by atoms with Gasteiger partial charge in [-0.3, -0.25) is 4.79 Å². The third-order valence-electron chi connectivity index (χ3n) is 2.90. The molecule has 0 bridgehead atoms. The van der Waals surface area contributed by atoms with Gasteiger partial charge in [-0.15, -0.1) is 10.2 Å². The van der Waals surface area contributed by atoms with E-state index in [0.29, 0.717) is 11.3 Å². The molecule has 1 heterocycles. The molecule has 1 aromatic heterocycles. The Labute approximate surface area is 115 Å². The molecule has 2 rings (SSSR count). The third-order valence-corrected chi connectivity index (χ3v) is 3.96. The predicted molar refractivity (Wildman–Crippen MR) is 73.4 cm³/mol. The van der Waals surface area contributed by atoms with Crippen LogP contribution in [0.25, 0.3) is 0 Å². The molecule has 0 aliphatic heterocycles. The lowest BCUT2D eigenvalue weighted by molar-refractivity contribution is 0.101. The van der Waals surface area contributed by atoms with Gasteiger partial charge in [0.05, 0.1) is 0 Å². The van der Waals surface area contributed by atoms with E-state index in [0.717, 1.165) is 16.5 Å². The molecule has 19 heavy (non-hydrogen) atoms. The molecule has 5 nitrogen and oxygen atoms in total. The van der Waals surface area contributed by atoms with E-state index in [1.807, 2.05) is 18.5 Å².